The normalized spacial score (nSPS) is 16.5. The number of nitriles is 1. The molecule has 3 aromatic carbocycles. The minimum absolute atomic E-state index is 0.0935. The molecule has 1 saturated heterocycles. The van der Waals surface area contributed by atoms with Crippen molar-refractivity contribution in [2.45, 2.75) is 25.0 Å². The summed E-state index contributed by atoms with van der Waals surface area (Å²) in [7, 11) is 1.60. The van der Waals surface area contributed by atoms with E-state index in [4.69, 9.17) is 4.74 Å². The van der Waals surface area contributed by atoms with E-state index in [0.717, 1.165) is 23.3 Å². The lowest BCUT2D eigenvalue weighted by Gasteiger charge is -2.18. The van der Waals surface area contributed by atoms with Crippen LogP contribution in [0.25, 0.3) is 0 Å². The number of methoxy groups -OCH3 is 1. The van der Waals surface area contributed by atoms with Crippen molar-refractivity contribution >= 4 is 35.0 Å². The molecule has 1 aliphatic rings. The number of rotatable bonds is 7. The van der Waals surface area contributed by atoms with Gasteiger partial charge in [-0.2, -0.15) is 5.26 Å². The Kier molecular flexibility index (Phi) is 7.54. The van der Waals surface area contributed by atoms with Gasteiger partial charge in [0.05, 0.1) is 12.4 Å². The molecule has 1 fully saturated rings. The highest BCUT2D eigenvalue weighted by atomic mass is 32.2. The Labute approximate surface area is 209 Å². The summed E-state index contributed by atoms with van der Waals surface area (Å²) in [6, 6.07) is 26.2. The number of amides is 2. The van der Waals surface area contributed by atoms with Crippen LogP contribution in [-0.4, -0.2) is 24.2 Å². The Morgan fingerprint density at radius 2 is 1.69 bits per heavy atom. The van der Waals surface area contributed by atoms with Crippen LogP contribution in [0.15, 0.2) is 89.5 Å². The Morgan fingerprint density at radius 1 is 1.03 bits per heavy atom. The molecule has 1 heterocycles. The summed E-state index contributed by atoms with van der Waals surface area (Å²) < 4.78 is 5.22. The van der Waals surface area contributed by atoms with Gasteiger partial charge in [-0.25, -0.2) is 0 Å². The molecule has 0 aromatic heterocycles. The van der Waals surface area contributed by atoms with Crippen LogP contribution in [0.2, 0.25) is 0 Å². The van der Waals surface area contributed by atoms with Gasteiger partial charge in [-0.15, -0.1) is 0 Å². The number of benzene rings is 3. The van der Waals surface area contributed by atoms with Crippen LogP contribution in [0.3, 0.4) is 0 Å². The Balaban J connectivity index is 1.66. The molecule has 0 bridgehead atoms. The van der Waals surface area contributed by atoms with Crippen molar-refractivity contribution in [3.05, 3.63) is 101 Å². The topological polar surface area (TPSA) is 82.4 Å². The van der Waals surface area contributed by atoms with Crippen LogP contribution in [-0.2, 0) is 22.4 Å². The maximum absolute atomic E-state index is 13.5. The molecular weight excluding hydrogens is 458 g/mol. The number of hydrogen-bond donors (Lipinski definition) is 1. The van der Waals surface area contributed by atoms with Crippen molar-refractivity contribution in [1.82, 2.24) is 0 Å². The zero-order valence-corrected chi connectivity index (χ0v) is 20.3. The number of thioether (sulfide) groups is 1. The molecule has 0 aliphatic carbocycles. The van der Waals surface area contributed by atoms with Gasteiger partial charge in [0.15, 0.2) is 0 Å². The highest BCUT2D eigenvalue weighted by Gasteiger charge is 2.40. The number of anilines is 2. The largest absolute Gasteiger partial charge is 0.497 e. The molecular formula is C28H25N3O3S. The average molecular weight is 484 g/mol. The highest BCUT2D eigenvalue weighted by molar-refractivity contribution is 8.05. The molecule has 7 heteroatoms. The van der Waals surface area contributed by atoms with Gasteiger partial charge in [0.2, 0.25) is 5.91 Å². The van der Waals surface area contributed by atoms with Crippen LogP contribution in [0.4, 0.5) is 11.4 Å². The maximum Gasteiger partial charge on any atom is 0.269 e. The third-order valence-electron chi connectivity index (χ3n) is 5.72. The first-order valence-electron chi connectivity index (χ1n) is 11.3. The smallest absolute Gasteiger partial charge is 0.269 e. The fourth-order valence-electron chi connectivity index (χ4n) is 3.79. The van der Waals surface area contributed by atoms with Crippen molar-refractivity contribution in [3.8, 4) is 11.8 Å². The van der Waals surface area contributed by atoms with Crippen molar-refractivity contribution in [2.24, 2.45) is 0 Å². The maximum atomic E-state index is 13.5. The van der Waals surface area contributed by atoms with Gasteiger partial charge in [-0.05, 0) is 60.4 Å². The predicted molar refractivity (Wildman–Crippen MR) is 139 cm³/mol. The van der Waals surface area contributed by atoms with Crippen molar-refractivity contribution < 1.29 is 14.3 Å². The molecule has 176 valence electrons. The Bertz CT molecular complexity index is 1280. The zero-order chi connectivity index (χ0) is 24.8. The summed E-state index contributed by atoms with van der Waals surface area (Å²) in [6.07, 6.45) is 1.35. The third-order valence-corrected chi connectivity index (χ3v) is 6.98. The van der Waals surface area contributed by atoms with E-state index in [1.165, 1.54) is 16.7 Å². The van der Waals surface area contributed by atoms with E-state index < -0.39 is 11.2 Å². The molecule has 2 amide bonds. The van der Waals surface area contributed by atoms with E-state index in [-0.39, 0.29) is 11.5 Å². The number of carbonyl (C=O) groups is 2. The fourth-order valence-corrected chi connectivity index (χ4v) is 5.10. The second-order valence-electron chi connectivity index (χ2n) is 7.96. The van der Waals surface area contributed by atoms with Gasteiger partial charge in [0, 0.05) is 11.4 Å². The van der Waals surface area contributed by atoms with Crippen LogP contribution >= 0.6 is 11.8 Å². The van der Waals surface area contributed by atoms with Crippen molar-refractivity contribution in [2.75, 3.05) is 17.3 Å². The number of hydrogen-bond acceptors (Lipinski definition) is 5. The van der Waals surface area contributed by atoms with Gasteiger partial charge in [0.25, 0.3) is 5.91 Å². The number of carbonyl (C=O) groups excluding carboxylic acids is 2. The van der Waals surface area contributed by atoms with Gasteiger partial charge in [-0.3, -0.25) is 14.5 Å². The molecule has 1 unspecified atom stereocenters. The second-order valence-corrected chi connectivity index (χ2v) is 9.16. The highest BCUT2D eigenvalue weighted by Crippen LogP contribution is 2.42. The number of aryl methyl sites for hydroxylation is 1. The molecule has 1 aliphatic heterocycles. The minimum atomic E-state index is -0.543. The summed E-state index contributed by atoms with van der Waals surface area (Å²) in [5.41, 5.74) is 3.23. The lowest BCUT2D eigenvalue weighted by atomic mass is 10.1. The molecule has 6 nitrogen and oxygen atoms in total. The molecule has 0 saturated carbocycles. The lowest BCUT2D eigenvalue weighted by Crippen LogP contribution is -2.30. The second kappa shape index (κ2) is 10.9. The summed E-state index contributed by atoms with van der Waals surface area (Å²) in [5, 5.41) is 12.6. The molecule has 1 N–H and O–H groups in total. The standard InChI is InChI=1S/C28H25N3O3S/c1-3-19-9-13-21(14-10-19)30-26(32)24(18-29)28-31(22-7-5-4-6-8-22)27(33)25(35-28)17-20-11-15-23(34-2)16-12-20/h4-16,25H,3,17H2,1-2H3,(H,30,32)/b28-24+. The summed E-state index contributed by atoms with van der Waals surface area (Å²) in [5.74, 6) is 0.0269. The van der Waals surface area contributed by atoms with Gasteiger partial charge >= 0.3 is 0 Å². The number of para-hydroxylation sites is 1. The summed E-state index contributed by atoms with van der Waals surface area (Å²) >= 11 is 1.25. The van der Waals surface area contributed by atoms with E-state index in [2.05, 4.69) is 12.2 Å². The molecule has 0 spiro atoms. The Hall–Kier alpha value is -4.02. The lowest BCUT2D eigenvalue weighted by molar-refractivity contribution is -0.117. The van der Waals surface area contributed by atoms with Crippen LogP contribution in [0.5, 0.6) is 5.75 Å². The molecule has 3 aromatic rings. The van der Waals surface area contributed by atoms with Gasteiger partial charge in [-0.1, -0.05) is 61.2 Å². The van der Waals surface area contributed by atoms with E-state index >= 15 is 0 Å². The van der Waals surface area contributed by atoms with Crippen LogP contribution < -0.4 is 15.0 Å². The Morgan fingerprint density at radius 3 is 2.29 bits per heavy atom. The van der Waals surface area contributed by atoms with Crippen LogP contribution in [0.1, 0.15) is 18.1 Å². The summed E-state index contributed by atoms with van der Waals surface area (Å²) in [6.45, 7) is 2.06. The fraction of sp³-hybridized carbons (Fsp3) is 0.179. The number of ether oxygens (including phenoxy) is 1. The van der Waals surface area contributed by atoms with E-state index in [0.29, 0.717) is 22.8 Å². The molecule has 1 atom stereocenters. The quantitative estimate of drug-likeness (QED) is 0.363. The van der Waals surface area contributed by atoms with Gasteiger partial charge < -0.3 is 10.1 Å². The monoisotopic (exact) mass is 483 g/mol. The third kappa shape index (κ3) is 5.39. The van der Waals surface area contributed by atoms with E-state index in [9.17, 15) is 14.9 Å². The average Bonchev–Trinajstić information content (AvgIpc) is 3.21. The minimum Gasteiger partial charge on any atom is -0.497 e. The van der Waals surface area contributed by atoms with Crippen molar-refractivity contribution in [3.63, 3.8) is 0 Å². The first kappa shape index (κ1) is 24.1. The first-order chi connectivity index (χ1) is 17.0. The summed E-state index contributed by atoms with van der Waals surface area (Å²) in [4.78, 5) is 28.2. The molecule has 4 rings (SSSR count). The van der Waals surface area contributed by atoms with Crippen LogP contribution in [0, 0.1) is 11.3 Å². The first-order valence-corrected chi connectivity index (χ1v) is 12.1. The SMILES string of the molecule is CCc1ccc(NC(=O)/C(C#N)=C2/SC(Cc3ccc(OC)cc3)C(=O)N2c2ccccc2)cc1. The number of nitrogens with one attached hydrogen (secondary N) is 1. The predicted octanol–water partition coefficient (Wildman–Crippen LogP) is 5.32. The van der Waals surface area contributed by atoms with E-state index in [1.807, 2.05) is 72.8 Å². The number of nitrogens with zero attached hydrogens (tertiary/aromatic N) is 2. The molecule has 35 heavy (non-hydrogen) atoms. The zero-order valence-electron chi connectivity index (χ0n) is 19.5. The van der Waals surface area contributed by atoms with Crippen molar-refractivity contribution in [1.29, 1.82) is 5.26 Å². The van der Waals surface area contributed by atoms with Gasteiger partial charge in [0.1, 0.15) is 22.4 Å². The molecule has 0 radical (unpaired) electrons. The van der Waals surface area contributed by atoms with E-state index in [1.54, 1.807) is 19.2 Å².